The molecule has 0 aromatic heterocycles. The smallest absolute Gasteiger partial charge is 0.0787 e. The summed E-state index contributed by atoms with van der Waals surface area (Å²) in [6, 6.07) is 1.17. The van der Waals surface area contributed by atoms with E-state index in [0.717, 1.165) is 13.0 Å². The second kappa shape index (κ2) is 4.69. The third-order valence-corrected chi connectivity index (χ3v) is 5.07. The largest absolute Gasteiger partial charge is 0.368 e. The zero-order chi connectivity index (χ0) is 13.7. The predicted octanol–water partition coefficient (Wildman–Crippen LogP) is 0.922. The van der Waals surface area contributed by atoms with Crippen LogP contribution in [0.15, 0.2) is 0 Å². The summed E-state index contributed by atoms with van der Waals surface area (Å²) in [6.07, 6.45) is 1.11. The molecule has 4 nitrogen and oxygen atoms in total. The summed E-state index contributed by atoms with van der Waals surface area (Å²) in [5.41, 5.74) is -0.0384. The first kappa shape index (κ1) is 13.8. The monoisotopic (exact) mass is 267 g/mol. The molecule has 19 heavy (non-hydrogen) atoms. The molecule has 4 heterocycles. The minimum atomic E-state index is -0.0488. The van der Waals surface area contributed by atoms with Crippen molar-refractivity contribution in [2.24, 2.45) is 0 Å². The van der Waals surface area contributed by atoms with Crippen LogP contribution in [0, 0.1) is 0 Å². The van der Waals surface area contributed by atoms with Crippen LogP contribution in [-0.2, 0) is 4.74 Å². The van der Waals surface area contributed by atoms with Crippen LogP contribution in [0.2, 0.25) is 0 Å². The Morgan fingerprint density at radius 2 is 1.79 bits per heavy atom. The van der Waals surface area contributed by atoms with Gasteiger partial charge in [-0.1, -0.05) is 0 Å². The van der Waals surface area contributed by atoms with Crippen LogP contribution in [0.1, 0.15) is 34.1 Å². The van der Waals surface area contributed by atoms with E-state index in [-0.39, 0.29) is 11.2 Å². The SMILES string of the molecule is CC1(C)CC(NCC2CN3CCN2CC3)C(C)(C)O1. The third-order valence-electron chi connectivity index (χ3n) is 5.07. The second-order valence-electron chi connectivity index (χ2n) is 7.62. The van der Waals surface area contributed by atoms with Crippen molar-refractivity contribution in [3.05, 3.63) is 0 Å². The van der Waals surface area contributed by atoms with Gasteiger partial charge in [-0.3, -0.25) is 9.80 Å². The van der Waals surface area contributed by atoms with Gasteiger partial charge < -0.3 is 10.1 Å². The number of nitrogens with one attached hydrogen (secondary N) is 1. The van der Waals surface area contributed by atoms with Crippen LogP contribution in [-0.4, -0.2) is 72.4 Å². The molecule has 4 aliphatic rings. The van der Waals surface area contributed by atoms with Crippen LogP contribution in [0.5, 0.6) is 0 Å². The average molecular weight is 267 g/mol. The van der Waals surface area contributed by atoms with Gasteiger partial charge in [-0.15, -0.1) is 0 Å². The van der Waals surface area contributed by atoms with Gasteiger partial charge in [0, 0.05) is 51.4 Å². The highest BCUT2D eigenvalue weighted by Crippen LogP contribution is 2.37. The Kier molecular flexibility index (Phi) is 3.41. The van der Waals surface area contributed by atoms with Crippen molar-refractivity contribution in [2.45, 2.75) is 57.4 Å². The molecule has 4 rings (SSSR count). The maximum absolute atomic E-state index is 6.16. The minimum absolute atomic E-state index is 0.0104. The van der Waals surface area contributed by atoms with Crippen LogP contribution in [0.3, 0.4) is 0 Å². The fourth-order valence-electron chi connectivity index (χ4n) is 4.08. The normalized spacial score (nSPS) is 43.6. The van der Waals surface area contributed by atoms with Gasteiger partial charge in [0.2, 0.25) is 0 Å². The first-order chi connectivity index (χ1) is 8.86. The summed E-state index contributed by atoms with van der Waals surface area (Å²) in [7, 11) is 0. The van der Waals surface area contributed by atoms with Gasteiger partial charge in [-0.25, -0.2) is 0 Å². The zero-order valence-corrected chi connectivity index (χ0v) is 12.9. The van der Waals surface area contributed by atoms with Crippen molar-refractivity contribution < 1.29 is 4.74 Å². The van der Waals surface area contributed by atoms with E-state index in [1.54, 1.807) is 0 Å². The standard InChI is InChI=1S/C15H29N3O/c1-14(2)9-13(15(3,4)19-14)16-10-12-11-17-5-7-18(12)8-6-17/h12-13,16H,5-11H2,1-4H3. The molecule has 2 unspecified atom stereocenters. The van der Waals surface area contributed by atoms with Crippen LogP contribution in [0.25, 0.3) is 0 Å². The van der Waals surface area contributed by atoms with E-state index in [1.165, 1.54) is 32.7 Å². The lowest BCUT2D eigenvalue weighted by molar-refractivity contribution is -0.0706. The van der Waals surface area contributed by atoms with Crippen LogP contribution < -0.4 is 5.32 Å². The van der Waals surface area contributed by atoms with Crippen molar-refractivity contribution in [3.8, 4) is 0 Å². The summed E-state index contributed by atoms with van der Waals surface area (Å²) >= 11 is 0. The molecule has 4 saturated heterocycles. The Morgan fingerprint density at radius 1 is 1.11 bits per heavy atom. The fraction of sp³-hybridized carbons (Fsp3) is 1.00. The lowest BCUT2D eigenvalue weighted by atomic mass is 9.94. The number of rotatable bonds is 3. The summed E-state index contributed by atoms with van der Waals surface area (Å²) in [5.74, 6) is 0. The highest BCUT2D eigenvalue weighted by Gasteiger charge is 2.46. The van der Waals surface area contributed by atoms with Gasteiger partial charge in [0.1, 0.15) is 0 Å². The molecule has 1 N–H and O–H groups in total. The molecule has 0 saturated carbocycles. The number of fused-ring (bicyclic) bond motifs is 3. The van der Waals surface area contributed by atoms with Gasteiger partial charge >= 0.3 is 0 Å². The minimum Gasteiger partial charge on any atom is -0.368 e. The van der Waals surface area contributed by atoms with Crippen LogP contribution in [0.4, 0.5) is 0 Å². The van der Waals surface area contributed by atoms with E-state index < -0.39 is 0 Å². The Hall–Kier alpha value is -0.160. The van der Waals surface area contributed by atoms with Crippen LogP contribution >= 0.6 is 0 Å². The van der Waals surface area contributed by atoms with Gasteiger partial charge in [0.15, 0.2) is 0 Å². The molecule has 4 heteroatoms. The molecule has 0 aromatic rings. The van der Waals surface area contributed by atoms with Gasteiger partial charge in [0.25, 0.3) is 0 Å². The van der Waals surface area contributed by atoms with Crippen molar-refractivity contribution in [2.75, 3.05) is 39.3 Å². The van der Waals surface area contributed by atoms with Gasteiger partial charge in [-0.05, 0) is 34.1 Å². The molecule has 2 atom stereocenters. The number of ether oxygens (including phenoxy) is 1. The lowest BCUT2D eigenvalue weighted by Crippen LogP contribution is -2.64. The lowest BCUT2D eigenvalue weighted by Gasteiger charge is -2.48. The summed E-state index contributed by atoms with van der Waals surface area (Å²) in [6.45, 7) is 16.2. The van der Waals surface area contributed by atoms with Crippen molar-refractivity contribution >= 4 is 0 Å². The summed E-state index contributed by atoms with van der Waals surface area (Å²) in [5, 5.41) is 3.79. The van der Waals surface area contributed by atoms with Crippen molar-refractivity contribution in [1.29, 1.82) is 0 Å². The van der Waals surface area contributed by atoms with E-state index in [0.29, 0.717) is 12.1 Å². The number of piperazine rings is 3. The van der Waals surface area contributed by atoms with E-state index in [2.05, 4.69) is 42.8 Å². The molecular weight excluding hydrogens is 238 g/mol. The third kappa shape index (κ3) is 2.82. The van der Waals surface area contributed by atoms with Gasteiger partial charge in [0.05, 0.1) is 11.2 Å². The Morgan fingerprint density at radius 3 is 2.26 bits per heavy atom. The molecule has 0 spiro atoms. The molecule has 0 aromatic carbocycles. The molecule has 2 bridgehead atoms. The zero-order valence-electron chi connectivity index (χ0n) is 12.9. The predicted molar refractivity (Wildman–Crippen MR) is 77.5 cm³/mol. The van der Waals surface area contributed by atoms with Crippen molar-refractivity contribution in [3.63, 3.8) is 0 Å². The van der Waals surface area contributed by atoms with E-state index in [4.69, 9.17) is 4.74 Å². The maximum atomic E-state index is 6.16. The van der Waals surface area contributed by atoms with E-state index >= 15 is 0 Å². The highest BCUT2D eigenvalue weighted by molar-refractivity contribution is 5.00. The van der Waals surface area contributed by atoms with Gasteiger partial charge in [-0.2, -0.15) is 0 Å². The molecule has 4 aliphatic heterocycles. The average Bonchev–Trinajstić information content (AvgIpc) is 2.56. The Labute approximate surface area is 117 Å². The summed E-state index contributed by atoms with van der Waals surface area (Å²) in [4.78, 5) is 5.26. The first-order valence-corrected chi connectivity index (χ1v) is 7.76. The Balaban J connectivity index is 1.55. The fourth-order valence-corrected chi connectivity index (χ4v) is 4.08. The molecular formula is C15H29N3O. The number of nitrogens with zero attached hydrogens (tertiary/aromatic N) is 2. The van der Waals surface area contributed by atoms with Crippen molar-refractivity contribution in [1.82, 2.24) is 15.1 Å². The molecule has 110 valence electrons. The highest BCUT2D eigenvalue weighted by atomic mass is 16.5. The first-order valence-electron chi connectivity index (χ1n) is 7.76. The molecule has 0 amide bonds. The molecule has 4 fully saturated rings. The number of hydrogen-bond acceptors (Lipinski definition) is 4. The maximum Gasteiger partial charge on any atom is 0.0787 e. The number of hydrogen-bond donors (Lipinski definition) is 1. The van der Waals surface area contributed by atoms with E-state index in [1.807, 2.05) is 0 Å². The molecule has 0 aliphatic carbocycles. The molecule has 0 radical (unpaired) electrons. The Bertz CT molecular complexity index is 334. The quantitative estimate of drug-likeness (QED) is 0.823. The second-order valence-corrected chi connectivity index (χ2v) is 7.62. The summed E-state index contributed by atoms with van der Waals surface area (Å²) < 4.78 is 6.16. The van der Waals surface area contributed by atoms with E-state index in [9.17, 15) is 0 Å². The topological polar surface area (TPSA) is 27.7 Å².